The van der Waals surface area contributed by atoms with Crippen molar-refractivity contribution in [2.24, 2.45) is 0 Å². The molecule has 2 rings (SSSR count). The lowest BCUT2D eigenvalue weighted by Crippen LogP contribution is -2.41. The number of rotatable bonds is 4. The van der Waals surface area contributed by atoms with E-state index < -0.39 is 0 Å². The molecule has 89 valence electrons. The molecule has 0 bridgehead atoms. The van der Waals surface area contributed by atoms with E-state index in [4.69, 9.17) is 0 Å². The lowest BCUT2D eigenvalue weighted by atomic mass is 10.0. The van der Waals surface area contributed by atoms with Crippen LogP contribution in [-0.2, 0) is 4.79 Å². The standard InChI is InChI=1S/C13H16N3O/c1-14-12(13(17)15-2)7-9-8-16-11-6-4-3-5-10(9)11/h3-8,12,14,16H,1-2H3,(H,15,17)/t12-/m0/s1. The molecule has 0 saturated carbocycles. The first-order chi connectivity index (χ1) is 8.26. The first-order valence-electron chi connectivity index (χ1n) is 5.56. The summed E-state index contributed by atoms with van der Waals surface area (Å²) in [6.45, 7) is 0. The Hall–Kier alpha value is -1.81. The van der Waals surface area contributed by atoms with Crippen LogP contribution in [-0.4, -0.2) is 31.0 Å². The van der Waals surface area contributed by atoms with Gasteiger partial charge in [-0.05, 0) is 18.7 Å². The van der Waals surface area contributed by atoms with Crippen molar-refractivity contribution in [1.82, 2.24) is 15.6 Å². The third-order valence-corrected chi connectivity index (χ3v) is 2.81. The Bertz CT molecular complexity index is 518. The summed E-state index contributed by atoms with van der Waals surface area (Å²) in [5, 5.41) is 6.73. The topological polar surface area (TPSA) is 56.9 Å². The molecule has 1 aromatic heterocycles. The van der Waals surface area contributed by atoms with Crippen molar-refractivity contribution < 1.29 is 4.79 Å². The summed E-state index contributed by atoms with van der Waals surface area (Å²) >= 11 is 0. The van der Waals surface area contributed by atoms with E-state index in [2.05, 4.69) is 15.6 Å². The van der Waals surface area contributed by atoms with Gasteiger partial charge in [-0.25, -0.2) is 0 Å². The summed E-state index contributed by atoms with van der Waals surface area (Å²) in [6, 6.07) is 7.70. The van der Waals surface area contributed by atoms with Gasteiger partial charge in [-0.2, -0.15) is 0 Å². The monoisotopic (exact) mass is 230 g/mol. The molecule has 0 saturated heterocycles. The third-order valence-electron chi connectivity index (χ3n) is 2.81. The van der Waals surface area contributed by atoms with Crippen molar-refractivity contribution in [3.8, 4) is 0 Å². The lowest BCUT2D eigenvalue weighted by Gasteiger charge is -2.13. The Morgan fingerprint density at radius 2 is 2.12 bits per heavy atom. The minimum Gasteiger partial charge on any atom is -0.361 e. The molecule has 0 aliphatic heterocycles. The van der Waals surface area contributed by atoms with E-state index in [1.54, 1.807) is 14.1 Å². The SMILES string of the molecule is CNC(=O)[C@H]([CH]c1c[nH]c2ccccc12)NC. The first kappa shape index (κ1) is 11.7. The molecule has 4 nitrogen and oxygen atoms in total. The fourth-order valence-electron chi connectivity index (χ4n) is 1.86. The van der Waals surface area contributed by atoms with Crippen LogP contribution in [0.1, 0.15) is 5.56 Å². The number of H-pyrrole nitrogens is 1. The van der Waals surface area contributed by atoms with Crippen LogP contribution in [0.15, 0.2) is 30.5 Å². The number of para-hydroxylation sites is 1. The lowest BCUT2D eigenvalue weighted by molar-refractivity contribution is -0.121. The van der Waals surface area contributed by atoms with Gasteiger partial charge < -0.3 is 15.6 Å². The zero-order valence-corrected chi connectivity index (χ0v) is 9.95. The largest absolute Gasteiger partial charge is 0.361 e. The van der Waals surface area contributed by atoms with Crippen molar-refractivity contribution in [3.05, 3.63) is 42.4 Å². The van der Waals surface area contributed by atoms with Crippen molar-refractivity contribution in [2.75, 3.05) is 14.1 Å². The van der Waals surface area contributed by atoms with E-state index in [1.807, 2.05) is 36.9 Å². The highest BCUT2D eigenvalue weighted by atomic mass is 16.2. The molecule has 0 spiro atoms. The number of carbonyl (C=O) groups excluding carboxylic acids is 1. The van der Waals surface area contributed by atoms with Crippen LogP contribution in [0.2, 0.25) is 0 Å². The van der Waals surface area contributed by atoms with Gasteiger partial charge in [0.1, 0.15) is 0 Å². The van der Waals surface area contributed by atoms with Gasteiger partial charge in [0.2, 0.25) is 5.91 Å². The maximum absolute atomic E-state index is 11.6. The van der Waals surface area contributed by atoms with Gasteiger partial charge in [0.25, 0.3) is 0 Å². The van der Waals surface area contributed by atoms with Gasteiger partial charge in [0.15, 0.2) is 0 Å². The molecule has 17 heavy (non-hydrogen) atoms. The molecule has 1 heterocycles. The van der Waals surface area contributed by atoms with Crippen molar-refractivity contribution >= 4 is 16.8 Å². The number of likely N-dealkylation sites (N-methyl/N-ethyl adjacent to an activating group) is 2. The number of hydrogen-bond acceptors (Lipinski definition) is 2. The molecule has 1 amide bonds. The predicted octanol–water partition coefficient (Wildman–Crippen LogP) is 1.05. The highest BCUT2D eigenvalue weighted by Crippen LogP contribution is 2.20. The molecule has 3 N–H and O–H groups in total. The van der Waals surface area contributed by atoms with Gasteiger partial charge in [-0.3, -0.25) is 4.79 Å². The van der Waals surface area contributed by atoms with Gasteiger partial charge >= 0.3 is 0 Å². The molecule has 1 atom stereocenters. The number of aromatic amines is 1. The highest BCUT2D eigenvalue weighted by molar-refractivity contribution is 5.88. The van der Waals surface area contributed by atoms with Gasteiger partial charge in [-0.1, -0.05) is 18.2 Å². The molecule has 1 radical (unpaired) electrons. The molecule has 4 heteroatoms. The number of hydrogen-bond donors (Lipinski definition) is 3. The maximum Gasteiger partial charge on any atom is 0.237 e. The zero-order valence-electron chi connectivity index (χ0n) is 9.95. The predicted molar refractivity (Wildman–Crippen MR) is 68.6 cm³/mol. The van der Waals surface area contributed by atoms with Crippen LogP contribution in [0.3, 0.4) is 0 Å². The van der Waals surface area contributed by atoms with Crippen LogP contribution in [0.25, 0.3) is 10.9 Å². The van der Waals surface area contributed by atoms with Gasteiger partial charge in [-0.15, -0.1) is 0 Å². The third kappa shape index (κ3) is 2.31. The Morgan fingerprint density at radius 3 is 2.82 bits per heavy atom. The van der Waals surface area contributed by atoms with Crippen LogP contribution >= 0.6 is 0 Å². The second-order valence-corrected chi connectivity index (χ2v) is 3.84. The van der Waals surface area contributed by atoms with E-state index in [-0.39, 0.29) is 11.9 Å². The summed E-state index contributed by atoms with van der Waals surface area (Å²) < 4.78 is 0. The van der Waals surface area contributed by atoms with Crippen LogP contribution in [0.5, 0.6) is 0 Å². The molecule has 0 aliphatic rings. The average molecular weight is 230 g/mol. The number of carbonyl (C=O) groups is 1. The molecule has 0 aliphatic carbocycles. The van der Waals surface area contributed by atoms with E-state index in [0.717, 1.165) is 16.5 Å². The first-order valence-corrected chi connectivity index (χ1v) is 5.56. The van der Waals surface area contributed by atoms with Gasteiger partial charge in [0, 0.05) is 30.6 Å². The Kier molecular flexibility index (Phi) is 3.44. The van der Waals surface area contributed by atoms with Crippen molar-refractivity contribution in [2.45, 2.75) is 6.04 Å². The molecular weight excluding hydrogens is 214 g/mol. The summed E-state index contributed by atoms with van der Waals surface area (Å²) in [5.41, 5.74) is 2.11. The van der Waals surface area contributed by atoms with Crippen LogP contribution in [0, 0.1) is 6.42 Å². The van der Waals surface area contributed by atoms with Crippen molar-refractivity contribution in [1.29, 1.82) is 0 Å². The smallest absolute Gasteiger partial charge is 0.237 e. The minimum absolute atomic E-state index is 0.0437. The molecular formula is C13H16N3O. The van der Waals surface area contributed by atoms with Crippen molar-refractivity contribution in [3.63, 3.8) is 0 Å². The second-order valence-electron chi connectivity index (χ2n) is 3.84. The highest BCUT2D eigenvalue weighted by Gasteiger charge is 2.17. The Morgan fingerprint density at radius 1 is 1.35 bits per heavy atom. The number of benzene rings is 1. The summed E-state index contributed by atoms with van der Waals surface area (Å²) in [7, 11) is 3.40. The minimum atomic E-state index is -0.320. The van der Waals surface area contributed by atoms with Gasteiger partial charge in [0.05, 0.1) is 6.04 Å². The summed E-state index contributed by atoms with van der Waals surface area (Å²) in [6.07, 6.45) is 3.83. The van der Waals surface area contributed by atoms with E-state index in [1.165, 1.54) is 0 Å². The molecule has 1 aromatic carbocycles. The van der Waals surface area contributed by atoms with Crippen LogP contribution in [0.4, 0.5) is 0 Å². The number of nitrogens with one attached hydrogen (secondary N) is 3. The molecule has 2 aromatic rings. The Labute approximate surface area is 100 Å². The normalized spacial score (nSPS) is 12.6. The average Bonchev–Trinajstić information content (AvgIpc) is 2.78. The Balaban J connectivity index is 2.25. The quantitative estimate of drug-likeness (QED) is 0.735. The maximum atomic E-state index is 11.6. The number of aromatic nitrogens is 1. The summed E-state index contributed by atoms with van der Waals surface area (Å²) in [4.78, 5) is 14.8. The fraction of sp³-hybridized carbons (Fsp3) is 0.231. The van der Waals surface area contributed by atoms with E-state index in [9.17, 15) is 4.79 Å². The second kappa shape index (κ2) is 5.01. The fourth-order valence-corrected chi connectivity index (χ4v) is 1.86. The molecule has 0 fully saturated rings. The summed E-state index contributed by atoms with van der Waals surface area (Å²) in [5.74, 6) is -0.0437. The number of fused-ring (bicyclic) bond motifs is 1. The zero-order chi connectivity index (χ0) is 12.3. The van der Waals surface area contributed by atoms with E-state index >= 15 is 0 Å². The van der Waals surface area contributed by atoms with E-state index in [0.29, 0.717) is 0 Å². The molecule has 0 unspecified atom stereocenters. The number of amides is 1. The van der Waals surface area contributed by atoms with Crippen LogP contribution < -0.4 is 10.6 Å².